The van der Waals surface area contributed by atoms with E-state index in [1.54, 1.807) is 0 Å². The van der Waals surface area contributed by atoms with Gasteiger partial charge >= 0.3 is 0 Å². The molecule has 0 N–H and O–H groups in total. The first-order chi connectivity index (χ1) is 8.29. The van der Waals surface area contributed by atoms with E-state index in [4.69, 9.17) is 0 Å². The highest BCUT2D eigenvalue weighted by molar-refractivity contribution is 5.30. The first-order valence-electron chi connectivity index (χ1n) is 6.56. The number of aryl methyl sites for hydroxylation is 1. The van der Waals surface area contributed by atoms with Gasteiger partial charge < -0.3 is 9.80 Å². The van der Waals surface area contributed by atoms with Gasteiger partial charge in [0, 0.05) is 38.1 Å². The van der Waals surface area contributed by atoms with Crippen LogP contribution in [-0.4, -0.2) is 47.6 Å². The Labute approximate surface area is 105 Å². The van der Waals surface area contributed by atoms with Crippen molar-refractivity contribution < 1.29 is 0 Å². The predicted molar refractivity (Wildman–Crippen MR) is 72.4 cm³/mol. The Morgan fingerprint density at radius 2 is 1.82 bits per heavy atom. The first-order valence-corrected chi connectivity index (χ1v) is 6.56. The van der Waals surface area contributed by atoms with Gasteiger partial charge in [-0.15, -0.1) is 0 Å². The quantitative estimate of drug-likeness (QED) is 0.785. The van der Waals surface area contributed by atoms with Crippen LogP contribution in [0.15, 0.2) is 12.3 Å². The standard InChI is InChI=1S/C11H18N4.C2H6/c1-3-14-6-8-15(9-7-14)11-12-5-4-10(2)13-11;1-2/h4-5H,3,6-9H2,1-2H3;1-2H3. The zero-order valence-corrected chi connectivity index (χ0v) is 11.5. The Kier molecular flexibility index (Phi) is 5.91. The summed E-state index contributed by atoms with van der Waals surface area (Å²) in [5.41, 5.74) is 1.04. The Morgan fingerprint density at radius 3 is 2.35 bits per heavy atom. The van der Waals surface area contributed by atoms with E-state index in [9.17, 15) is 0 Å². The molecule has 0 amide bonds. The average molecular weight is 236 g/mol. The third-order valence-electron chi connectivity index (χ3n) is 2.88. The van der Waals surface area contributed by atoms with E-state index >= 15 is 0 Å². The van der Waals surface area contributed by atoms with Crippen LogP contribution in [0.1, 0.15) is 26.5 Å². The fourth-order valence-corrected chi connectivity index (χ4v) is 1.85. The highest BCUT2D eigenvalue weighted by Gasteiger charge is 2.17. The summed E-state index contributed by atoms with van der Waals surface area (Å²) in [6.07, 6.45) is 1.84. The Hall–Kier alpha value is -1.16. The summed E-state index contributed by atoms with van der Waals surface area (Å²) in [6.45, 7) is 13.7. The molecule has 2 rings (SSSR count). The summed E-state index contributed by atoms with van der Waals surface area (Å²) in [5, 5.41) is 0. The molecule has 1 aliphatic heterocycles. The largest absolute Gasteiger partial charge is 0.338 e. The van der Waals surface area contributed by atoms with Crippen molar-refractivity contribution in [1.82, 2.24) is 14.9 Å². The lowest BCUT2D eigenvalue weighted by atomic mass is 10.3. The average Bonchev–Trinajstić information content (AvgIpc) is 2.41. The molecule has 1 aliphatic rings. The molecular formula is C13H24N4. The van der Waals surface area contributed by atoms with E-state index in [1.807, 2.05) is 33.0 Å². The molecule has 17 heavy (non-hydrogen) atoms. The van der Waals surface area contributed by atoms with Crippen molar-refractivity contribution in [3.05, 3.63) is 18.0 Å². The van der Waals surface area contributed by atoms with Gasteiger partial charge in [0.25, 0.3) is 0 Å². The maximum atomic E-state index is 4.44. The van der Waals surface area contributed by atoms with Crippen molar-refractivity contribution in [2.45, 2.75) is 27.7 Å². The van der Waals surface area contributed by atoms with Gasteiger partial charge in [0.05, 0.1) is 0 Å². The molecule has 0 atom stereocenters. The van der Waals surface area contributed by atoms with Crippen LogP contribution in [0.5, 0.6) is 0 Å². The summed E-state index contributed by atoms with van der Waals surface area (Å²) < 4.78 is 0. The molecule has 4 nitrogen and oxygen atoms in total. The summed E-state index contributed by atoms with van der Waals surface area (Å²) in [7, 11) is 0. The third kappa shape index (κ3) is 3.97. The topological polar surface area (TPSA) is 32.3 Å². The van der Waals surface area contributed by atoms with E-state index in [-0.39, 0.29) is 0 Å². The first kappa shape index (κ1) is 13.9. The van der Waals surface area contributed by atoms with Gasteiger partial charge in [-0.3, -0.25) is 0 Å². The molecule has 0 aliphatic carbocycles. The van der Waals surface area contributed by atoms with Gasteiger partial charge in [0.2, 0.25) is 5.95 Å². The molecule has 1 aromatic rings. The predicted octanol–water partition coefficient (Wildman–Crippen LogP) is 1.95. The van der Waals surface area contributed by atoms with Crippen LogP contribution in [0, 0.1) is 6.92 Å². The molecule has 96 valence electrons. The lowest BCUT2D eigenvalue weighted by Gasteiger charge is -2.33. The van der Waals surface area contributed by atoms with Crippen molar-refractivity contribution in [3.8, 4) is 0 Å². The molecule has 4 heteroatoms. The number of hydrogen-bond donors (Lipinski definition) is 0. The molecule has 0 aromatic carbocycles. The Balaban J connectivity index is 0.000000686. The zero-order chi connectivity index (χ0) is 12.7. The van der Waals surface area contributed by atoms with Gasteiger partial charge in [-0.2, -0.15) is 0 Å². The molecule has 0 unspecified atom stereocenters. The van der Waals surface area contributed by atoms with Gasteiger partial charge in [-0.05, 0) is 19.5 Å². The molecule has 0 spiro atoms. The monoisotopic (exact) mass is 236 g/mol. The number of anilines is 1. The minimum atomic E-state index is 0.880. The number of aromatic nitrogens is 2. The normalized spacial score (nSPS) is 16.4. The van der Waals surface area contributed by atoms with Crippen molar-refractivity contribution in [2.24, 2.45) is 0 Å². The molecule has 2 heterocycles. The van der Waals surface area contributed by atoms with Crippen LogP contribution >= 0.6 is 0 Å². The minimum absolute atomic E-state index is 0.880. The van der Waals surface area contributed by atoms with Crippen molar-refractivity contribution >= 4 is 5.95 Å². The fourth-order valence-electron chi connectivity index (χ4n) is 1.85. The summed E-state index contributed by atoms with van der Waals surface area (Å²) in [5.74, 6) is 0.880. The number of hydrogen-bond acceptors (Lipinski definition) is 4. The molecule has 1 saturated heterocycles. The third-order valence-corrected chi connectivity index (χ3v) is 2.88. The molecule has 0 saturated carbocycles. The highest BCUT2D eigenvalue weighted by atomic mass is 15.3. The maximum absolute atomic E-state index is 4.44. The summed E-state index contributed by atoms with van der Waals surface area (Å²) in [4.78, 5) is 13.5. The van der Waals surface area contributed by atoms with Crippen molar-refractivity contribution in [2.75, 3.05) is 37.6 Å². The van der Waals surface area contributed by atoms with Crippen LogP contribution in [0.25, 0.3) is 0 Å². The smallest absolute Gasteiger partial charge is 0.225 e. The van der Waals surface area contributed by atoms with Crippen molar-refractivity contribution in [1.29, 1.82) is 0 Å². The van der Waals surface area contributed by atoms with Gasteiger partial charge in [0.15, 0.2) is 0 Å². The maximum Gasteiger partial charge on any atom is 0.225 e. The van der Waals surface area contributed by atoms with Gasteiger partial charge in [-0.25, -0.2) is 9.97 Å². The van der Waals surface area contributed by atoms with E-state index in [0.29, 0.717) is 0 Å². The van der Waals surface area contributed by atoms with E-state index < -0.39 is 0 Å². The number of piperazine rings is 1. The van der Waals surface area contributed by atoms with Crippen molar-refractivity contribution in [3.63, 3.8) is 0 Å². The van der Waals surface area contributed by atoms with Crippen LogP contribution in [0.2, 0.25) is 0 Å². The fraction of sp³-hybridized carbons (Fsp3) is 0.692. The second kappa shape index (κ2) is 7.22. The highest BCUT2D eigenvalue weighted by Crippen LogP contribution is 2.10. The molecule has 0 bridgehead atoms. The summed E-state index contributed by atoms with van der Waals surface area (Å²) >= 11 is 0. The molecule has 1 fully saturated rings. The van der Waals surface area contributed by atoms with Gasteiger partial charge in [-0.1, -0.05) is 20.8 Å². The minimum Gasteiger partial charge on any atom is -0.338 e. The number of rotatable bonds is 2. The molecular weight excluding hydrogens is 212 g/mol. The lowest BCUT2D eigenvalue weighted by Crippen LogP contribution is -2.46. The second-order valence-corrected chi connectivity index (χ2v) is 3.92. The van der Waals surface area contributed by atoms with E-state index in [0.717, 1.165) is 44.4 Å². The molecule has 1 aromatic heterocycles. The SMILES string of the molecule is CC.CCN1CCN(c2nccc(C)n2)CC1. The lowest BCUT2D eigenvalue weighted by molar-refractivity contribution is 0.270. The molecule has 0 radical (unpaired) electrons. The van der Waals surface area contributed by atoms with E-state index in [1.165, 1.54) is 0 Å². The van der Waals surface area contributed by atoms with Crippen LogP contribution in [0.3, 0.4) is 0 Å². The number of nitrogens with zero attached hydrogens (tertiary/aromatic N) is 4. The Morgan fingerprint density at radius 1 is 1.18 bits per heavy atom. The number of likely N-dealkylation sites (N-methyl/N-ethyl adjacent to an activating group) is 1. The van der Waals surface area contributed by atoms with E-state index in [2.05, 4.69) is 26.7 Å². The zero-order valence-electron chi connectivity index (χ0n) is 11.5. The van der Waals surface area contributed by atoms with Crippen LogP contribution < -0.4 is 4.90 Å². The van der Waals surface area contributed by atoms with Crippen LogP contribution in [0.4, 0.5) is 5.95 Å². The summed E-state index contributed by atoms with van der Waals surface area (Å²) in [6, 6.07) is 1.94. The van der Waals surface area contributed by atoms with Gasteiger partial charge in [0.1, 0.15) is 0 Å². The van der Waals surface area contributed by atoms with Crippen LogP contribution in [-0.2, 0) is 0 Å². The second-order valence-electron chi connectivity index (χ2n) is 3.92. The Bertz CT molecular complexity index is 319.